The van der Waals surface area contributed by atoms with Gasteiger partial charge in [-0.05, 0) is 45.2 Å². The first-order valence-electron chi connectivity index (χ1n) is 10.5. The van der Waals surface area contributed by atoms with Gasteiger partial charge in [-0.1, -0.05) is 17.7 Å². The van der Waals surface area contributed by atoms with Crippen LogP contribution in [0.15, 0.2) is 46.9 Å². The highest BCUT2D eigenvalue weighted by Gasteiger charge is 2.30. The number of methoxy groups -OCH3 is 1. The van der Waals surface area contributed by atoms with Crippen LogP contribution < -0.4 is 19.7 Å². The molecule has 0 radical (unpaired) electrons. The molecule has 0 spiro atoms. The number of sulfonamides is 1. The molecular weight excluding hydrogens is 428 g/mol. The van der Waals surface area contributed by atoms with Crippen LogP contribution in [0.5, 0.6) is 5.75 Å². The summed E-state index contributed by atoms with van der Waals surface area (Å²) in [6, 6.07) is 10.1. The van der Waals surface area contributed by atoms with Gasteiger partial charge in [0.05, 0.1) is 24.2 Å². The quantitative estimate of drug-likeness (QED) is 0.673. The number of nitrogens with one attached hydrogen (secondary N) is 2. The van der Waals surface area contributed by atoms with Crippen LogP contribution in [0.1, 0.15) is 19.4 Å². The minimum Gasteiger partial charge on any atom is -0.495 e. The molecule has 2 aromatic carbocycles. The second-order valence-corrected chi connectivity index (χ2v) is 9.94. The number of ether oxygens (including phenoxy) is 1. The van der Waals surface area contributed by atoms with Crippen molar-refractivity contribution in [3.8, 4) is 5.75 Å². The summed E-state index contributed by atoms with van der Waals surface area (Å²) in [5.74, 6) is 0.0956. The third-order valence-corrected chi connectivity index (χ3v) is 7.23. The molecule has 32 heavy (non-hydrogen) atoms. The SMILES string of the molecule is COc1ccccc1S(=O)(=O)Nc1cc2c(cc1N1CCN(C)CC1)NC(=O)C2=C(C)C. The number of para-hydroxylation sites is 1. The van der Waals surface area contributed by atoms with E-state index < -0.39 is 10.0 Å². The Bertz CT molecular complexity index is 1190. The fourth-order valence-electron chi connectivity index (χ4n) is 4.13. The first kappa shape index (κ1) is 22.2. The van der Waals surface area contributed by atoms with Crippen LogP contribution >= 0.6 is 0 Å². The molecule has 1 amide bonds. The maximum absolute atomic E-state index is 13.3. The summed E-state index contributed by atoms with van der Waals surface area (Å²) in [5.41, 5.74) is 4.01. The van der Waals surface area contributed by atoms with Gasteiger partial charge in [-0.2, -0.15) is 0 Å². The lowest BCUT2D eigenvalue weighted by atomic mass is 10.0. The minimum absolute atomic E-state index is 0.0592. The standard InChI is InChI=1S/C23H28N4O4S/c1-15(2)22-16-13-18(25-32(29,30)21-8-6-5-7-20(21)31-4)19(14-17(16)24-23(22)28)27-11-9-26(3)10-12-27/h5-8,13-14,25H,9-12H2,1-4H3,(H,24,28). The first-order chi connectivity index (χ1) is 15.2. The number of fused-ring (bicyclic) bond motifs is 1. The van der Waals surface area contributed by atoms with Crippen LogP contribution in [0.25, 0.3) is 5.57 Å². The average molecular weight is 457 g/mol. The van der Waals surface area contributed by atoms with Crippen molar-refractivity contribution in [3.05, 3.63) is 47.5 Å². The number of likely N-dealkylation sites (N-methyl/N-ethyl adjacent to an activating group) is 1. The van der Waals surface area contributed by atoms with Gasteiger partial charge in [0.15, 0.2) is 0 Å². The van der Waals surface area contributed by atoms with E-state index in [0.717, 1.165) is 37.4 Å². The van der Waals surface area contributed by atoms with Crippen molar-refractivity contribution in [2.24, 2.45) is 0 Å². The highest BCUT2D eigenvalue weighted by molar-refractivity contribution is 7.92. The number of anilines is 3. The van der Waals surface area contributed by atoms with Crippen LogP contribution in [0.3, 0.4) is 0 Å². The van der Waals surface area contributed by atoms with Gasteiger partial charge >= 0.3 is 0 Å². The normalized spacial score (nSPS) is 16.6. The fraction of sp³-hybridized carbons (Fsp3) is 0.348. The Hall–Kier alpha value is -3.04. The summed E-state index contributed by atoms with van der Waals surface area (Å²) in [6.45, 7) is 6.97. The van der Waals surface area contributed by atoms with E-state index in [2.05, 4.69) is 26.9 Å². The molecule has 1 saturated heterocycles. The molecule has 0 saturated carbocycles. The zero-order chi connectivity index (χ0) is 23.0. The average Bonchev–Trinajstić information content (AvgIpc) is 3.08. The molecule has 0 aliphatic carbocycles. The number of benzene rings is 2. The van der Waals surface area contributed by atoms with Crippen LogP contribution in [0.2, 0.25) is 0 Å². The molecule has 2 aliphatic rings. The Labute approximate surface area is 188 Å². The molecule has 2 N–H and O–H groups in total. The monoisotopic (exact) mass is 456 g/mol. The lowest BCUT2D eigenvalue weighted by Crippen LogP contribution is -2.44. The maximum Gasteiger partial charge on any atom is 0.265 e. The van der Waals surface area contributed by atoms with E-state index in [1.54, 1.807) is 24.3 Å². The molecule has 2 aliphatic heterocycles. The molecule has 4 rings (SSSR count). The Kier molecular flexibility index (Phi) is 5.87. The number of carbonyl (C=O) groups is 1. The number of allylic oxidation sites excluding steroid dienone is 1. The van der Waals surface area contributed by atoms with Crippen molar-refractivity contribution in [2.45, 2.75) is 18.7 Å². The third-order valence-electron chi connectivity index (χ3n) is 5.83. The van der Waals surface area contributed by atoms with Crippen LogP contribution in [-0.4, -0.2) is 59.6 Å². The lowest BCUT2D eigenvalue weighted by molar-refractivity contribution is -0.110. The fourth-order valence-corrected chi connectivity index (χ4v) is 5.37. The molecule has 0 atom stereocenters. The van der Waals surface area contributed by atoms with Gasteiger partial charge in [0.25, 0.3) is 15.9 Å². The molecule has 2 heterocycles. The second kappa shape index (κ2) is 8.48. The highest BCUT2D eigenvalue weighted by Crippen LogP contribution is 2.42. The van der Waals surface area contributed by atoms with Gasteiger partial charge in [-0.25, -0.2) is 8.42 Å². The Morgan fingerprint density at radius 3 is 2.44 bits per heavy atom. The molecule has 0 aromatic heterocycles. The van der Waals surface area contributed by atoms with Crippen molar-refractivity contribution >= 4 is 38.6 Å². The van der Waals surface area contributed by atoms with Crippen molar-refractivity contribution in [1.82, 2.24) is 4.90 Å². The Morgan fingerprint density at radius 1 is 1.09 bits per heavy atom. The molecule has 1 fully saturated rings. The van der Waals surface area contributed by atoms with Crippen LogP contribution in [0, 0.1) is 0 Å². The number of nitrogens with zero attached hydrogens (tertiary/aromatic N) is 2. The van der Waals surface area contributed by atoms with E-state index in [9.17, 15) is 13.2 Å². The second-order valence-electron chi connectivity index (χ2n) is 8.29. The van der Waals surface area contributed by atoms with Gasteiger partial charge in [0.1, 0.15) is 10.6 Å². The predicted molar refractivity (Wildman–Crippen MR) is 127 cm³/mol. The van der Waals surface area contributed by atoms with E-state index in [4.69, 9.17) is 4.74 Å². The number of amides is 1. The van der Waals surface area contributed by atoms with Gasteiger partial charge in [-0.3, -0.25) is 9.52 Å². The summed E-state index contributed by atoms with van der Waals surface area (Å²) in [4.78, 5) is 17.0. The Balaban J connectivity index is 1.83. The number of hydrogen-bond donors (Lipinski definition) is 2. The van der Waals surface area contributed by atoms with Gasteiger partial charge in [-0.15, -0.1) is 0 Å². The number of piperazine rings is 1. The van der Waals surface area contributed by atoms with Crippen LogP contribution in [0.4, 0.5) is 17.1 Å². The van der Waals surface area contributed by atoms with E-state index in [0.29, 0.717) is 22.5 Å². The molecule has 8 nitrogen and oxygen atoms in total. The summed E-state index contributed by atoms with van der Waals surface area (Å²) < 4.78 is 34.7. The number of rotatable bonds is 5. The topological polar surface area (TPSA) is 91.0 Å². The molecule has 0 bridgehead atoms. The number of carbonyl (C=O) groups excluding carboxylic acids is 1. The summed E-state index contributed by atoms with van der Waals surface area (Å²) in [7, 11) is -0.426. The molecule has 2 aromatic rings. The van der Waals surface area contributed by atoms with E-state index in [-0.39, 0.29) is 16.6 Å². The highest BCUT2D eigenvalue weighted by atomic mass is 32.2. The first-order valence-corrected chi connectivity index (χ1v) is 12.0. The lowest BCUT2D eigenvalue weighted by Gasteiger charge is -2.35. The third kappa shape index (κ3) is 4.05. The summed E-state index contributed by atoms with van der Waals surface area (Å²) in [6.07, 6.45) is 0. The Morgan fingerprint density at radius 2 is 1.78 bits per heavy atom. The molecule has 0 unspecified atom stereocenters. The van der Waals surface area contributed by atoms with Crippen LogP contribution in [-0.2, 0) is 14.8 Å². The van der Waals surface area contributed by atoms with E-state index in [1.165, 1.54) is 13.2 Å². The molecule has 170 valence electrons. The summed E-state index contributed by atoms with van der Waals surface area (Å²) >= 11 is 0. The van der Waals surface area contributed by atoms with E-state index in [1.807, 2.05) is 19.9 Å². The molecule has 9 heteroatoms. The largest absolute Gasteiger partial charge is 0.495 e. The van der Waals surface area contributed by atoms with Gasteiger partial charge < -0.3 is 19.9 Å². The smallest absolute Gasteiger partial charge is 0.265 e. The van der Waals surface area contributed by atoms with Crippen molar-refractivity contribution in [3.63, 3.8) is 0 Å². The zero-order valence-corrected chi connectivity index (χ0v) is 19.5. The number of hydrogen-bond acceptors (Lipinski definition) is 6. The maximum atomic E-state index is 13.3. The summed E-state index contributed by atoms with van der Waals surface area (Å²) in [5, 5.41) is 2.93. The van der Waals surface area contributed by atoms with Gasteiger partial charge in [0, 0.05) is 37.3 Å². The predicted octanol–water partition coefficient (Wildman–Crippen LogP) is 2.99. The minimum atomic E-state index is -3.93. The van der Waals surface area contributed by atoms with Gasteiger partial charge in [0.2, 0.25) is 0 Å². The zero-order valence-electron chi connectivity index (χ0n) is 18.7. The van der Waals surface area contributed by atoms with Crippen molar-refractivity contribution in [1.29, 1.82) is 0 Å². The molecular formula is C23H28N4O4S. The van der Waals surface area contributed by atoms with Crippen molar-refractivity contribution in [2.75, 3.05) is 55.3 Å². The van der Waals surface area contributed by atoms with Crippen molar-refractivity contribution < 1.29 is 17.9 Å². The van der Waals surface area contributed by atoms with E-state index >= 15 is 0 Å².